The fourth-order valence-corrected chi connectivity index (χ4v) is 8.76. The lowest BCUT2D eigenvalue weighted by Crippen LogP contribution is -2.69. The van der Waals surface area contributed by atoms with Crippen molar-refractivity contribution in [3.63, 3.8) is 0 Å². The first-order valence-corrected chi connectivity index (χ1v) is 13.6. The van der Waals surface area contributed by atoms with Crippen LogP contribution in [0.4, 0.5) is 8.78 Å². The van der Waals surface area contributed by atoms with Crippen LogP contribution in [0.3, 0.4) is 0 Å². The number of ether oxygens (including phenoxy) is 2. The molecule has 0 fully saturated rings. The third kappa shape index (κ3) is 5.31. The van der Waals surface area contributed by atoms with Crippen molar-refractivity contribution in [2.24, 2.45) is 0 Å². The van der Waals surface area contributed by atoms with Crippen molar-refractivity contribution in [3.8, 4) is 5.75 Å². The van der Waals surface area contributed by atoms with E-state index in [4.69, 9.17) is 13.9 Å². The summed E-state index contributed by atoms with van der Waals surface area (Å²) in [5.74, 6) is -2.85. The molecule has 0 bridgehead atoms. The van der Waals surface area contributed by atoms with Crippen molar-refractivity contribution in [1.82, 2.24) is 0 Å². The molecule has 3 rings (SSSR count). The van der Waals surface area contributed by atoms with E-state index >= 15 is 4.39 Å². The van der Waals surface area contributed by atoms with Crippen molar-refractivity contribution in [2.75, 3.05) is 13.2 Å². The van der Waals surface area contributed by atoms with Crippen LogP contribution < -0.4 is 14.8 Å². The van der Waals surface area contributed by atoms with Gasteiger partial charge in [-0.15, -0.1) is 0 Å². The molecule has 186 valence electrons. The van der Waals surface area contributed by atoms with E-state index < -0.39 is 42.6 Å². The summed E-state index contributed by atoms with van der Waals surface area (Å²) >= 11 is 0. The second-order valence-electron chi connectivity index (χ2n) is 9.13. The van der Waals surface area contributed by atoms with E-state index in [1.54, 1.807) is 13.8 Å². The second-order valence-corrected chi connectivity index (χ2v) is 13.3. The van der Waals surface area contributed by atoms with Crippen LogP contribution in [-0.4, -0.2) is 27.5 Å². The van der Waals surface area contributed by atoms with Crippen LogP contribution in [0.25, 0.3) is 0 Å². The van der Waals surface area contributed by atoms with Gasteiger partial charge in [-0.3, -0.25) is 0 Å². The standard InChI is InChI=1S/C28H32F2O4Si/c1-6-32-26(27(31)33-7-2)24-22(29)18-19-23(25(24)30)34-35(28(3,4)5,20-14-10-8-11-15-20)21-16-12-9-13-17-21/h8-19,26H,6-7H2,1-5H3. The quantitative estimate of drug-likeness (QED) is 0.287. The molecular formula is C28H32F2O4Si. The van der Waals surface area contributed by atoms with Gasteiger partial charge in [0.2, 0.25) is 0 Å². The third-order valence-corrected chi connectivity index (χ3v) is 10.8. The van der Waals surface area contributed by atoms with E-state index in [-0.39, 0.29) is 19.0 Å². The van der Waals surface area contributed by atoms with Crippen molar-refractivity contribution in [2.45, 2.75) is 45.8 Å². The van der Waals surface area contributed by atoms with Crippen LogP contribution in [0, 0.1) is 11.6 Å². The number of benzene rings is 3. The fraction of sp³-hybridized carbons (Fsp3) is 0.321. The van der Waals surface area contributed by atoms with E-state index in [1.807, 2.05) is 60.7 Å². The molecular weight excluding hydrogens is 466 g/mol. The molecule has 0 spiro atoms. The van der Waals surface area contributed by atoms with Crippen molar-refractivity contribution >= 4 is 24.7 Å². The molecule has 0 aliphatic heterocycles. The minimum Gasteiger partial charge on any atom is -0.532 e. The van der Waals surface area contributed by atoms with Gasteiger partial charge in [0.15, 0.2) is 11.9 Å². The summed E-state index contributed by atoms with van der Waals surface area (Å²) in [7, 11) is -3.18. The highest BCUT2D eigenvalue weighted by Gasteiger charge is 2.52. The van der Waals surface area contributed by atoms with Gasteiger partial charge < -0.3 is 13.9 Å². The Morgan fingerprint density at radius 1 is 0.857 bits per heavy atom. The van der Waals surface area contributed by atoms with Gasteiger partial charge in [0.05, 0.1) is 12.2 Å². The van der Waals surface area contributed by atoms with E-state index in [1.165, 1.54) is 6.07 Å². The Kier molecular flexibility index (Phi) is 8.46. The van der Waals surface area contributed by atoms with E-state index in [9.17, 15) is 9.18 Å². The molecule has 1 atom stereocenters. The van der Waals surface area contributed by atoms with Gasteiger partial charge in [0, 0.05) is 6.61 Å². The highest BCUT2D eigenvalue weighted by molar-refractivity contribution is 7.00. The molecule has 4 nitrogen and oxygen atoms in total. The lowest BCUT2D eigenvalue weighted by molar-refractivity contribution is -0.157. The van der Waals surface area contributed by atoms with Crippen LogP contribution in [-0.2, 0) is 14.3 Å². The topological polar surface area (TPSA) is 44.8 Å². The van der Waals surface area contributed by atoms with Crippen LogP contribution in [0.5, 0.6) is 5.75 Å². The lowest BCUT2D eigenvalue weighted by Gasteiger charge is -2.43. The zero-order valence-corrected chi connectivity index (χ0v) is 21.8. The summed E-state index contributed by atoms with van der Waals surface area (Å²) in [6.45, 7) is 9.57. The Balaban J connectivity index is 2.25. The molecule has 1 unspecified atom stereocenters. The van der Waals surface area contributed by atoms with Gasteiger partial charge in [0.25, 0.3) is 0 Å². The number of carbonyl (C=O) groups is 1. The molecule has 3 aromatic carbocycles. The first-order chi connectivity index (χ1) is 16.7. The number of halogens is 2. The van der Waals surface area contributed by atoms with Crippen LogP contribution in [0.2, 0.25) is 5.04 Å². The van der Waals surface area contributed by atoms with Gasteiger partial charge in [-0.2, -0.15) is 0 Å². The molecule has 0 saturated carbocycles. The second kappa shape index (κ2) is 11.1. The van der Waals surface area contributed by atoms with Gasteiger partial charge in [0.1, 0.15) is 11.6 Å². The maximum Gasteiger partial charge on any atom is 0.340 e. The molecule has 0 amide bonds. The number of rotatable bonds is 9. The average molecular weight is 499 g/mol. The summed E-state index contributed by atoms with van der Waals surface area (Å²) in [4.78, 5) is 12.5. The highest BCUT2D eigenvalue weighted by Crippen LogP contribution is 2.40. The van der Waals surface area contributed by atoms with Crippen molar-refractivity contribution in [3.05, 3.63) is 90.0 Å². The van der Waals surface area contributed by atoms with Crippen LogP contribution in [0.15, 0.2) is 72.8 Å². The summed E-state index contributed by atoms with van der Waals surface area (Å²) in [5.41, 5.74) is -0.513. The monoisotopic (exact) mass is 498 g/mol. The number of esters is 1. The highest BCUT2D eigenvalue weighted by atomic mass is 28.4. The predicted octanol–water partition coefficient (Wildman–Crippen LogP) is 5.54. The number of hydrogen-bond acceptors (Lipinski definition) is 4. The number of carbonyl (C=O) groups excluding carboxylic acids is 1. The normalized spacial score (nSPS) is 12.8. The van der Waals surface area contributed by atoms with Crippen LogP contribution >= 0.6 is 0 Å². The van der Waals surface area contributed by atoms with Gasteiger partial charge in [-0.25, -0.2) is 13.6 Å². The molecule has 0 N–H and O–H groups in total. The van der Waals surface area contributed by atoms with Crippen molar-refractivity contribution in [1.29, 1.82) is 0 Å². The summed E-state index contributed by atoms with van der Waals surface area (Å²) in [6.07, 6.45) is -1.54. The summed E-state index contributed by atoms with van der Waals surface area (Å²) in [6, 6.07) is 21.8. The SMILES string of the molecule is CCOC(=O)C(OCC)c1c(F)ccc(O[Si](c2ccccc2)(c2ccccc2)C(C)(C)C)c1F. The smallest absolute Gasteiger partial charge is 0.340 e. The molecule has 0 radical (unpaired) electrons. The molecule has 3 aromatic rings. The number of hydrogen-bond donors (Lipinski definition) is 0. The maximum atomic E-state index is 16.0. The molecule has 0 saturated heterocycles. The van der Waals surface area contributed by atoms with Crippen LogP contribution in [0.1, 0.15) is 46.3 Å². The maximum absolute atomic E-state index is 16.0. The molecule has 7 heteroatoms. The average Bonchev–Trinajstić information content (AvgIpc) is 2.83. The first-order valence-electron chi connectivity index (χ1n) is 11.7. The Bertz CT molecular complexity index is 1090. The zero-order valence-electron chi connectivity index (χ0n) is 20.8. The minimum absolute atomic E-state index is 0.0594. The molecule has 0 aromatic heterocycles. The van der Waals surface area contributed by atoms with E-state index in [0.29, 0.717) is 0 Å². The third-order valence-electron chi connectivity index (χ3n) is 5.87. The fourth-order valence-electron chi connectivity index (χ4n) is 4.34. The Hall–Kier alpha value is -3.03. The van der Waals surface area contributed by atoms with Gasteiger partial charge in [-0.1, -0.05) is 81.4 Å². The molecule has 35 heavy (non-hydrogen) atoms. The summed E-state index contributed by atoms with van der Waals surface area (Å²) < 4.78 is 48.1. The molecule has 0 aliphatic carbocycles. The van der Waals surface area contributed by atoms with Crippen molar-refractivity contribution < 1.29 is 27.5 Å². The first kappa shape index (κ1) is 26.6. The van der Waals surface area contributed by atoms with E-state index in [0.717, 1.165) is 16.4 Å². The Morgan fingerprint density at radius 3 is 1.86 bits per heavy atom. The Labute approximate surface area is 207 Å². The molecule has 0 heterocycles. The lowest BCUT2D eigenvalue weighted by atomic mass is 10.1. The largest absolute Gasteiger partial charge is 0.532 e. The Morgan fingerprint density at radius 2 is 1.40 bits per heavy atom. The molecule has 0 aliphatic rings. The predicted molar refractivity (Wildman–Crippen MR) is 136 cm³/mol. The minimum atomic E-state index is -3.18. The summed E-state index contributed by atoms with van der Waals surface area (Å²) in [5, 5.41) is 1.45. The van der Waals surface area contributed by atoms with Gasteiger partial charge >= 0.3 is 14.3 Å². The van der Waals surface area contributed by atoms with E-state index in [2.05, 4.69) is 20.8 Å². The zero-order chi connectivity index (χ0) is 25.6. The van der Waals surface area contributed by atoms with Gasteiger partial charge in [-0.05, 0) is 41.4 Å².